The molecule has 3 nitrogen and oxygen atoms in total. The van der Waals surface area contributed by atoms with Gasteiger partial charge in [-0.25, -0.2) is 0 Å². The first kappa shape index (κ1) is 17.5. The molecule has 2 heterocycles. The second kappa shape index (κ2) is 7.37. The van der Waals surface area contributed by atoms with Gasteiger partial charge in [-0.2, -0.15) is 0 Å². The number of fused-ring (bicyclic) bond motifs is 1. The third-order valence-electron chi connectivity index (χ3n) is 4.76. The third kappa shape index (κ3) is 3.64. The van der Waals surface area contributed by atoms with Gasteiger partial charge in [-0.05, 0) is 42.8 Å². The Morgan fingerprint density at radius 2 is 1.85 bits per heavy atom. The van der Waals surface area contributed by atoms with Gasteiger partial charge in [0.25, 0.3) is 0 Å². The molecule has 2 aromatic carbocycles. The molecular weight excluding hydrogens is 356 g/mol. The van der Waals surface area contributed by atoms with Gasteiger partial charge in [0, 0.05) is 45.9 Å². The van der Waals surface area contributed by atoms with Crippen LogP contribution < -0.4 is 0 Å². The molecule has 0 aliphatic heterocycles. The first-order valence-electron chi connectivity index (χ1n) is 8.86. The van der Waals surface area contributed by atoms with E-state index in [1.54, 1.807) is 6.20 Å². The minimum atomic E-state index is -0.0793. The summed E-state index contributed by atoms with van der Waals surface area (Å²) in [5, 5.41) is 12.6. The Morgan fingerprint density at radius 3 is 2.67 bits per heavy atom. The van der Waals surface area contributed by atoms with Crippen molar-refractivity contribution in [3.05, 3.63) is 100 Å². The van der Waals surface area contributed by atoms with Crippen molar-refractivity contribution < 1.29 is 5.11 Å². The minimum Gasteiger partial charge on any atom is -0.505 e. The van der Waals surface area contributed by atoms with Crippen molar-refractivity contribution in [2.24, 2.45) is 0 Å². The molecule has 27 heavy (non-hydrogen) atoms. The van der Waals surface area contributed by atoms with Crippen LogP contribution in [0.15, 0.2) is 72.9 Å². The zero-order valence-electron chi connectivity index (χ0n) is 14.9. The van der Waals surface area contributed by atoms with Crippen LogP contribution in [-0.2, 0) is 6.42 Å². The van der Waals surface area contributed by atoms with Gasteiger partial charge in [0.15, 0.2) is 0 Å². The largest absolute Gasteiger partial charge is 0.505 e. The number of phenolic OH excluding ortho intramolecular Hbond substituents is 1. The Bertz CT molecular complexity index is 1110. The van der Waals surface area contributed by atoms with Crippen molar-refractivity contribution in [1.29, 1.82) is 0 Å². The Morgan fingerprint density at radius 1 is 1.00 bits per heavy atom. The summed E-state index contributed by atoms with van der Waals surface area (Å²) in [6.45, 7) is 1.98. The molecule has 0 saturated heterocycles. The number of benzene rings is 2. The summed E-state index contributed by atoms with van der Waals surface area (Å²) < 4.78 is 0. The van der Waals surface area contributed by atoms with Gasteiger partial charge in [0.1, 0.15) is 11.3 Å². The molecule has 0 fully saturated rings. The molecule has 4 heteroatoms. The van der Waals surface area contributed by atoms with Crippen LogP contribution in [-0.4, -0.2) is 15.1 Å². The smallest absolute Gasteiger partial charge is 0.145 e. The molecule has 1 atom stereocenters. The molecule has 0 aliphatic rings. The van der Waals surface area contributed by atoms with Crippen LogP contribution >= 0.6 is 11.6 Å². The lowest BCUT2D eigenvalue weighted by molar-refractivity contribution is 0.469. The second-order valence-electron chi connectivity index (χ2n) is 6.66. The first-order valence-corrected chi connectivity index (χ1v) is 9.24. The Hall–Kier alpha value is -2.91. The Balaban J connectivity index is 1.86. The molecule has 1 unspecified atom stereocenters. The normalized spacial score (nSPS) is 12.2. The number of hydrogen-bond acceptors (Lipinski definition) is 3. The molecule has 0 aliphatic carbocycles. The van der Waals surface area contributed by atoms with Crippen LogP contribution in [0.5, 0.6) is 5.75 Å². The van der Waals surface area contributed by atoms with Gasteiger partial charge in [0.2, 0.25) is 0 Å². The van der Waals surface area contributed by atoms with Crippen LogP contribution in [0.4, 0.5) is 0 Å². The number of aryl methyl sites for hydroxylation is 1. The number of aromatic nitrogens is 2. The number of halogens is 1. The quantitative estimate of drug-likeness (QED) is 0.500. The monoisotopic (exact) mass is 374 g/mol. The van der Waals surface area contributed by atoms with Crippen molar-refractivity contribution in [2.75, 3.05) is 0 Å². The van der Waals surface area contributed by atoms with Crippen LogP contribution in [0.1, 0.15) is 28.4 Å². The SMILES string of the molecule is Cc1cccc(CC(c2cccc(Cl)c2)c2ccc3cccnc3c2O)n1. The lowest BCUT2D eigenvalue weighted by Crippen LogP contribution is -2.07. The van der Waals surface area contributed by atoms with E-state index in [1.807, 2.05) is 73.7 Å². The lowest BCUT2D eigenvalue weighted by atomic mass is 9.86. The molecule has 4 aromatic rings. The number of phenols is 1. The second-order valence-corrected chi connectivity index (χ2v) is 7.10. The van der Waals surface area contributed by atoms with E-state index >= 15 is 0 Å². The summed E-state index contributed by atoms with van der Waals surface area (Å²) in [6, 6.07) is 21.6. The van der Waals surface area contributed by atoms with E-state index in [0.29, 0.717) is 17.0 Å². The van der Waals surface area contributed by atoms with Gasteiger partial charge in [0.05, 0.1) is 0 Å². The highest BCUT2D eigenvalue weighted by Crippen LogP contribution is 2.38. The predicted octanol–water partition coefficient (Wildman–Crippen LogP) is 5.67. The zero-order chi connectivity index (χ0) is 18.8. The van der Waals surface area contributed by atoms with E-state index in [0.717, 1.165) is 27.9 Å². The maximum Gasteiger partial charge on any atom is 0.145 e. The van der Waals surface area contributed by atoms with E-state index in [2.05, 4.69) is 9.97 Å². The van der Waals surface area contributed by atoms with Crippen LogP contribution in [0.25, 0.3) is 10.9 Å². The van der Waals surface area contributed by atoms with Gasteiger partial charge >= 0.3 is 0 Å². The third-order valence-corrected chi connectivity index (χ3v) is 5.00. The van der Waals surface area contributed by atoms with Gasteiger partial charge in [-0.3, -0.25) is 9.97 Å². The van der Waals surface area contributed by atoms with Crippen molar-refractivity contribution in [3.63, 3.8) is 0 Å². The molecule has 0 saturated carbocycles. The van der Waals surface area contributed by atoms with E-state index in [-0.39, 0.29) is 11.7 Å². The summed E-state index contributed by atoms with van der Waals surface area (Å²) >= 11 is 6.25. The van der Waals surface area contributed by atoms with Crippen molar-refractivity contribution in [1.82, 2.24) is 9.97 Å². The average Bonchev–Trinajstić information content (AvgIpc) is 2.67. The van der Waals surface area contributed by atoms with Crippen molar-refractivity contribution in [3.8, 4) is 5.75 Å². The lowest BCUT2D eigenvalue weighted by Gasteiger charge is -2.20. The standard InChI is InChI=1S/C23H19ClN2O/c1-15-5-2-9-19(26-15)14-21(17-6-3-8-18(24)13-17)20-11-10-16-7-4-12-25-22(16)23(20)27/h2-13,21,27H,14H2,1H3. The maximum atomic E-state index is 11.0. The Kier molecular flexibility index (Phi) is 4.78. The van der Waals surface area contributed by atoms with E-state index in [9.17, 15) is 5.11 Å². The molecule has 0 spiro atoms. The number of rotatable bonds is 4. The first-order chi connectivity index (χ1) is 13.1. The fourth-order valence-electron chi connectivity index (χ4n) is 3.48. The minimum absolute atomic E-state index is 0.0793. The van der Waals surface area contributed by atoms with E-state index < -0.39 is 0 Å². The van der Waals surface area contributed by atoms with E-state index in [4.69, 9.17) is 11.6 Å². The number of nitrogens with zero attached hydrogens (tertiary/aromatic N) is 2. The fourth-order valence-corrected chi connectivity index (χ4v) is 3.68. The van der Waals surface area contributed by atoms with Crippen molar-refractivity contribution in [2.45, 2.75) is 19.3 Å². The highest BCUT2D eigenvalue weighted by Gasteiger charge is 2.21. The summed E-state index contributed by atoms with van der Waals surface area (Å²) in [4.78, 5) is 9.01. The molecular formula is C23H19ClN2O. The number of aromatic hydroxyl groups is 1. The van der Waals surface area contributed by atoms with Gasteiger partial charge < -0.3 is 5.11 Å². The summed E-state index contributed by atoms with van der Waals surface area (Å²) in [7, 11) is 0. The van der Waals surface area contributed by atoms with Crippen LogP contribution in [0.2, 0.25) is 5.02 Å². The molecule has 1 N–H and O–H groups in total. The molecule has 0 radical (unpaired) electrons. The van der Waals surface area contributed by atoms with Crippen molar-refractivity contribution >= 4 is 22.5 Å². The topological polar surface area (TPSA) is 46.0 Å². The van der Waals surface area contributed by atoms with Crippen LogP contribution in [0, 0.1) is 6.92 Å². The molecule has 2 aromatic heterocycles. The highest BCUT2D eigenvalue weighted by molar-refractivity contribution is 6.30. The number of pyridine rings is 2. The Labute approximate surface area is 163 Å². The molecule has 4 rings (SSSR count). The summed E-state index contributed by atoms with van der Waals surface area (Å²) in [6.07, 6.45) is 2.36. The maximum absolute atomic E-state index is 11.0. The highest BCUT2D eigenvalue weighted by atomic mass is 35.5. The van der Waals surface area contributed by atoms with Gasteiger partial charge in [-0.15, -0.1) is 0 Å². The molecule has 134 valence electrons. The number of hydrogen-bond donors (Lipinski definition) is 1. The fraction of sp³-hybridized carbons (Fsp3) is 0.130. The summed E-state index contributed by atoms with van der Waals surface area (Å²) in [5.41, 5.74) is 4.42. The predicted molar refractivity (Wildman–Crippen MR) is 109 cm³/mol. The average molecular weight is 375 g/mol. The van der Waals surface area contributed by atoms with E-state index in [1.165, 1.54) is 0 Å². The zero-order valence-corrected chi connectivity index (χ0v) is 15.7. The van der Waals surface area contributed by atoms with Gasteiger partial charge in [-0.1, -0.05) is 48.0 Å². The molecule has 0 bridgehead atoms. The van der Waals surface area contributed by atoms with Crippen LogP contribution in [0.3, 0.4) is 0 Å². The molecule has 0 amide bonds. The summed E-state index contributed by atoms with van der Waals surface area (Å²) in [5.74, 6) is 0.134.